The Hall–Kier alpha value is -0.330. The molecule has 2 N–H and O–H groups in total. The van der Waals surface area contributed by atoms with E-state index >= 15 is 0 Å². The van der Waals surface area contributed by atoms with Crippen LogP contribution in [0, 0.1) is 0 Å². The summed E-state index contributed by atoms with van der Waals surface area (Å²) in [6.07, 6.45) is -4.30. The van der Waals surface area contributed by atoms with Crippen molar-refractivity contribution >= 4 is 0 Å². The van der Waals surface area contributed by atoms with Gasteiger partial charge in [0.2, 0.25) is 0 Å². The summed E-state index contributed by atoms with van der Waals surface area (Å²) in [5.41, 5.74) is 5.66. The summed E-state index contributed by atoms with van der Waals surface area (Å²) in [5, 5.41) is 0. The zero-order chi connectivity index (χ0) is 11.3. The molecule has 1 unspecified atom stereocenters. The smallest absolute Gasteiger partial charge is 0.350 e. The molecule has 0 aromatic carbocycles. The van der Waals surface area contributed by atoms with E-state index in [-0.39, 0.29) is 18.8 Å². The number of rotatable bonds is 5. The van der Waals surface area contributed by atoms with Gasteiger partial charge in [-0.15, -0.1) is 0 Å². The minimum Gasteiger partial charge on any atom is -0.350 e. The van der Waals surface area contributed by atoms with E-state index in [2.05, 4.69) is 0 Å². The maximum atomic E-state index is 11.8. The zero-order valence-electron chi connectivity index (χ0n) is 8.43. The molecule has 0 amide bonds. The third kappa shape index (κ3) is 5.96. The van der Waals surface area contributed by atoms with Crippen LogP contribution in [-0.2, 0) is 9.47 Å². The van der Waals surface area contributed by atoms with Gasteiger partial charge in [-0.1, -0.05) is 0 Å². The van der Waals surface area contributed by atoms with Crippen molar-refractivity contribution in [1.82, 2.24) is 0 Å². The number of hydrogen-bond donors (Lipinski definition) is 1. The molecule has 1 rings (SSSR count). The molecule has 3 nitrogen and oxygen atoms in total. The maximum absolute atomic E-state index is 11.8. The van der Waals surface area contributed by atoms with Crippen molar-refractivity contribution in [1.29, 1.82) is 0 Å². The summed E-state index contributed by atoms with van der Waals surface area (Å²) < 4.78 is 45.8. The molecule has 1 fully saturated rings. The normalized spacial score (nSPS) is 20.8. The molecule has 0 spiro atoms. The first-order valence-electron chi connectivity index (χ1n) is 5.03. The average Bonchev–Trinajstić information content (AvgIpc) is 2.54. The Morgan fingerprint density at radius 1 is 1.27 bits per heavy atom. The van der Waals surface area contributed by atoms with Gasteiger partial charge in [0, 0.05) is 18.9 Å². The molecule has 0 saturated carbocycles. The fourth-order valence-corrected chi connectivity index (χ4v) is 1.47. The van der Waals surface area contributed by atoms with Gasteiger partial charge in [-0.3, -0.25) is 0 Å². The Bertz CT molecular complexity index is 181. The van der Waals surface area contributed by atoms with Crippen LogP contribution in [0.25, 0.3) is 0 Å². The van der Waals surface area contributed by atoms with Crippen molar-refractivity contribution in [2.45, 2.75) is 44.2 Å². The van der Waals surface area contributed by atoms with Gasteiger partial charge >= 0.3 is 6.18 Å². The molecule has 0 aliphatic carbocycles. The molecule has 0 aromatic heterocycles. The molecule has 15 heavy (non-hydrogen) atoms. The molecule has 1 aliphatic rings. The van der Waals surface area contributed by atoms with Crippen molar-refractivity contribution in [2.24, 2.45) is 5.73 Å². The van der Waals surface area contributed by atoms with E-state index in [4.69, 9.17) is 15.2 Å². The van der Waals surface area contributed by atoms with E-state index in [0.717, 1.165) is 0 Å². The van der Waals surface area contributed by atoms with Crippen LogP contribution >= 0.6 is 0 Å². The number of alkyl halides is 3. The first-order chi connectivity index (χ1) is 6.97. The molecule has 6 heteroatoms. The lowest BCUT2D eigenvalue weighted by atomic mass is 10.1. The Morgan fingerprint density at radius 3 is 2.40 bits per heavy atom. The summed E-state index contributed by atoms with van der Waals surface area (Å²) in [5.74, 6) is 0. The second kappa shape index (κ2) is 5.67. The fourth-order valence-electron chi connectivity index (χ4n) is 1.47. The van der Waals surface area contributed by atoms with Crippen LogP contribution in [0.15, 0.2) is 0 Å². The predicted octanol–water partition coefficient (Wildman–Crippen LogP) is 1.81. The highest BCUT2D eigenvalue weighted by atomic mass is 19.4. The van der Waals surface area contributed by atoms with E-state index in [9.17, 15) is 13.2 Å². The topological polar surface area (TPSA) is 44.5 Å². The van der Waals surface area contributed by atoms with E-state index in [1.165, 1.54) is 0 Å². The van der Waals surface area contributed by atoms with Crippen molar-refractivity contribution in [2.75, 3.05) is 13.2 Å². The summed E-state index contributed by atoms with van der Waals surface area (Å²) in [6, 6.07) is -0.282. The summed E-state index contributed by atoms with van der Waals surface area (Å²) >= 11 is 0. The highest BCUT2D eigenvalue weighted by Crippen LogP contribution is 2.23. The summed E-state index contributed by atoms with van der Waals surface area (Å²) in [6.45, 7) is 1.08. The van der Waals surface area contributed by atoms with E-state index in [1.54, 1.807) is 0 Å². The van der Waals surface area contributed by atoms with Crippen LogP contribution in [0.2, 0.25) is 0 Å². The van der Waals surface area contributed by atoms with Gasteiger partial charge in [0.1, 0.15) is 0 Å². The van der Waals surface area contributed by atoms with Crippen LogP contribution < -0.4 is 5.73 Å². The van der Waals surface area contributed by atoms with Crippen LogP contribution in [-0.4, -0.2) is 31.7 Å². The van der Waals surface area contributed by atoms with Crippen LogP contribution in [0.1, 0.15) is 25.7 Å². The van der Waals surface area contributed by atoms with Gasteiger partial charge in [-0.25, -0.2) is 0 Å². The van der Waals surface area contributed by atoms with Crippen LogP contribution in [0.5, 0.6) is 0 Å². The lowest BCUT2D eigenvalue weighted by molar-refractivity contribution is -0.136. The van der Waals surface area contributed by atoms with Gasteiger partial charge < -0.3 is 15.2 Å². The van der Waals surface area contributed by atoms with Crippen molar-refractivity contribution < 1.29 is 22.6 Å². The lowest BCUT2D eigenvalue weighted by Crippen LogP contribution is -2.27. The molecular weight excluding hydrogens is 211 g/mol. The highest BCUT2D eigenvalue weighted by molar-refractivity contribution is 4.66. The molecule has 1 atom stereocenters. The van der Waals surface area contributed by atoms with Gasteiger partial charge in [0.25, 0.3) is 0 Å². The Labute approximate surface area is 86.7 Å². The first kappa shape index (κ1) is 12.7. The molecule has 0 aromatic rings. The third-order valence-electron chi connectivity index (χ3n) is 2.22. The van der Waals surface area contributed by atoms with Crippen molar-refractivity contribution in [3.05, 3.63) is 0 Å². The van der Waals surface area contributed by atoms with Gasteiger partial charge in [-0.05, 0) is 12.8 Å². The molecule has 0 bridgehead atoms. The maximum Gasteiger partial charge on any atom is 0.389 e. The average molecular weight is 227 g/mol. The lowest BCUT2D eigenvalue weighted by Gasteiger charge is -2.15. The quantitative estimate of drug-likeness (QED) is 0.779. The molecule has 1 aliphatic heterocycles. The molecular formula is C9H16F3NO2. The number of halogens is 3. The number of ether oxygens (including phenoxy) is 2. The summed E-state index contributed by atoms with van der Waals surface area (Å²) in [4.78, 5) is 0. The van der Waals surface area contributed by atoms with Gasteiger partial charge in [0.05, 0.1) is 13.2 Å². The molecule has 1 heterocycles. The fraction of sp³-hybridized carbons (Fsp3) is 1.00. The second-order valence-electron chi connectivity index (χ2n) is 3.67. The number of nitrogens with two attached hydrogens (primary N) is 1. The van der Waals surface area contributed by atoms with Crippen molar-refractivity contribution in [3.8, 4) is 0 Å². The molecule has 90 valence electrons. The number of hydrogen-bond acceptors (Lipinski definition) is 3. The Morgan fingerprint density at radius 2 is 1.87 bits per heavy atom. The Kier molecular flexibility index (Phi) is 4.82. The van der Waals surface area contributed by atoms with Crippen LogP contribution in [0.3, 0.4) is 0 Å². The second-order valence-corrected chi connectivity index (χ2v) is 3.67. The zero-order valence-corrected chi connectivity index (χ0v) is 8.43. The van der Waals surface area contributed by atoms with E-state index in [1.807, 2.05) is 0 Å². The highest BCUT2D eigenvalue weighted by Gasteiger charge is 2.27. The Balaban J connectivity index is 2.05. The standard InChI is InChI=1S/C9H16F3NO2/c10-9(11,12)3-1-2-7(13)6-8-14-4-5-15-8/h7-8H,1-6,13H2. The first-order valence-corrected chi connectivity index (χ1v) is 5.03. The largest absolute Gasteiger partial charge is 0.389 e. The van der Waals surface area contributed by atoms with Crippen LogP contribution in [0.4, 0.5) is 13.2 Å². The molecule has 1 saturated heterocycles. The van der Waals surface area contributed by atoms with E-state index in [0.29, 0.717) is 26.1 Å². The third-order valence-corrected chi connectivity index (χ3v) is 2.22. The van der Waals surface area contributed by atoms with Gasteiger partial charge in [-0.2, -0.15) is 13.2 Å². The summed E-state index contributed by atoms with van der Waals surface area (Å²) in [7, 11) is 0. The minimum absolute atomic E-state index is 0.0669. The monoisotopic (exact) mass is 227 g/mol. The SMILES string of the molecule is NC(CCCC(F)(F)F)CC1OCCO1. The van der Waals surface area contributed by atoms with Crippen molar-refractivity contribution in [3.63, 3.8) is 0 Å². The minimum atomic E-state index is -4.08. The molecule has 0 radical (unpaired) electrons. The van der Waals surface area contributed by atoms with E-state index < -0.39 is 12.6 Å². The van der Waals surface area contributed by atoms with Gasteiger partial charge in [0.15, 0.2) is 6.29 Å². The predicted molar refractivity (Wildman–Crippen MR) is 48.2 cm³/mol.